The molecule has 0 radical (unpaired) electrons. The number of hydrogen-bond donors (Lipinski definition) is 0. The molecule has 0 spiro atoms. The molecule has 100 valence electrons. The molecule has 0 aliphatic carbocycles. The first-order valence-electron chi connectivity index (χ1n) is 6.74. The first-order chi connectivity index (χ1) is 8.52. The highest BCUT2D eigenvalue weighted by atomic mass is 16.5. The molecule has 1 aliphatic heterocycles. The van der Waals surface area contributed by atoms with Crippen LogP contribution in [0.15, 0.2) is 18.3 Å². The van der Waals surface area contributed by atoms with Gasteiger partial charge in [0.2, 0.25) is 0 Å². The summed E-state index contributed by atoms with van der Waals surface area (Å²) in [6, 6.07) is 4.84. The lowest BCUT2D eigenvalue weighted by Crippen LogP contribution is -2.33. The number of aromatic nitrogens is 1. The summed E-state index contributed by atoms with van der Waals surface area (Å²) < 4.78 is 5.29. The number of ether oxygens (including phenoxy) is 1. The largest absolute Gasteiger partial charge is 0.383 e. The zero-order valence-electron chi connectivity index (χ0n) is 11.9. The van der Waals surface area contributed by atoms with Crippen LogP contribution in [0.25, 0.3) is 0 Å². The molecular weight excluding hydrogens is 224 g/mol. The monoisotopic (exact) mass is 248 g/mol. The van der Waals surface area contributed by atoms with Crippen LogP contribution in [0.1, 0.15) is 39.2 Å². The minimum absolute atomic E-state index is 0.169. The van der Waals surface area contributed by atoms with Crippen molar-refractivity contribution in [1.82, 2.24) is 4.98 Å². The molecule has 3 heteroatoms. The van der Waals surface area contributed by atoms with E-state index in [4.69, 9.17) is 4.74 Å². The van der Waals surface area contributed by atoms with E-state index in [1.54, 1.807) is 7.11 Å². The first kappa shape index (κ1) is 13.3. The van der Waals surface area contributed by atoms with Crippen LogP contribution in [0.5, 0.6) is 0 Å². The molecule has 1 aromatic rings. The molecule has 0 saturated carbocycles. The molecule has 1 saturated heterocycles. The van der Waals surface area contributed by atoms with Crippen LogP contribution >= 0.6 is 0 Å². The molecule has 0 unspecified atom stereocenters. The Balaban J connectivity index is 2.14. The number of rotatable bonds is 3. The Hall–Kier alpha value is -1.09. The summed E-state index contributed by atoms with van der Waals surface area (Å²) in [5.41, 5.74) is 1.45. The maximum atomic E-state index is 5.29. The SMILES string of the molecule is COC[C@H]1CCCN1c1ccc(C(C)(C)C)cn1. The average molecular weight is 248 g/mol. The van der Waals surface area contributed by atoms with Crippen molar-refractivity contribution in [2.45, 2.75) is 45.1 Å². The van der Waals surface area contributed by atoms with Crippen molar-refractivity contribution in [2.75, 3.05) is 25.2 Å². The lowest BCUT2D eigenvalue weighted by molar-refractivity contribution is 0.180. The Kier molecular flexibility index (Phi) is 3.91. The van der Waals surface area contributed by atoms with Crippen molar-refractivity contribution in [3.63, 3.8) is 0 Å². The smallest absolute Gasteiger partial charge is 0.128 e. The van der Waals surface area contributed by atoms with Gasteiger partial charge in [-0.05, 0) is 29.9 Å². The standard InChI is InChI=1S/C15H24N2O/c1-15(2,3)12-7-8-14(16-10-12)17-9-5-6-13(17)11-18-4/h7-8,10,13H,5-6,9,11H2,1-4H3/t13-/m1/s1. The van der Waals surface area contributed by atoms with Gasteiger partial charge in [-0.1, -0.05) is 26.8 Å². The second kappa shape index (κ2) is 5.27. The molecule has 0 N–H and O–H groups in total. The fourth-order valence-electron chi connectivity index (χ4n) is 2.50. The normalized spacial score (nSPS) is 20.4. The van der Waals surface area contributed by atoms with Crippen LogP contribution in [0.2, 0.25) is 0 Å². The predicted molar refractivity (Wildman–Crippen MR) is 75.2 cm³/mol. The van der Waals surface area contributed by atoms with Crippen LogP contribution < -0.4 is 4.90 Å². The highest BCUT2D eigenvalue weighted by Gasteiger charge is 2.25. The Bertz CT molecular complexity index is 380. The number of hydrogen-bond acceptors (Lipinski definition) is 3. The molecular formula is C15H24N2O. The lowest BCUT2D eigenvalue weighted by Gasteiger charge is -2.26. The summed E-state index contributed by atoms with van der Waals surface area (Å²) in [4.78, 5) is 7.00. The van der Waals surface area contributed by atoms with Gasteiger partial charge < -0.3 is 9.64 Å². The second-order valence-electron chi connectivity index (χ2n) is 6.10. The molecule has 2 rings (SSSR count). The van der Waals surface area contributed by atoms with E-state index in [9.17, 15) is 0 Å². The summed E-state index contributed by atoms with van der Waals surface area (Å²) in [5.74, 6) is 1.09. The van der Waals surface area contributed by atoms with Crippen molar-refractivity contribution < 1.29 is 4.74 Å². The third-order valence-electron chi connectivity index (χ3n) is 3.64. The van der Waals surface area contributed by atoms with Gasteiger partial charge in [0.25, 0.3) is 0 Å². The van der Waals surface area contributed by atoms with E-state index in [0.29, 0.717) is 6.04 Å². The summed E-state index contributed by atoms with van der Waals surface area (Å²) in [5, 5.41) is 0. The van der Waals surface area contributed by atoms with Gasteiger partial charge in [0.15, 0.2) is 0 Å². The molecule has 0 amide bonds. The molecule has 0 aromatic carbocycles. The van der Waals surface area contributed by atoms with Gasteiger partial charge in [-0.2, -0.15) is 0 Å². The minimum Gasteiger partial charge on any atom is -0.383 e. The van der Waals surface area contributed by atoms with Crippen LogP contribution in [0.4, 0.5) is 5.82 Å². The number of anilines is 1. The second-order valence-corrected chi connectivity index (χ2v) is 6.10. The first-order valence-corrected chi connectivity index (χ1v) is 6.74. The molecule has 0 bridgehead atoms. The third-order valence-corrected chi connectivity index (χ3v) is 3.64. The van der Waals surface area contributed by atoms with E-state index in [0.717, 1.165) is 19.0 Å². The van der Waals surface area contributed by atoms with E-state index in [2.05, 4.69) is 42.8 Å². The topological polar surface area (TPSA) is 25.4 Å². The Morgan fingerprint density at radius 3 is 2.72 bits per heavy atom. The van der Waals surface area contributed by atoms with Gasteiger partial charge in [0.05, 0.1) is 12.6 Å². The van der Waals surface area contributed by atoms with Crippen molar-refractivity contribution in [1.29, 1.82) is 0 Å². The molecule has 1 fully saturated rings. The maximum absolute atomic E-state index is 5.29. The van der Waals surface area contributed by atoms with E-state index in [-0.39, 0.29) is 5.41 Å². The predicted octanol–water partition coefficient (Wildman–Crippen LogP) is 2.99. The molecule has 1 aromatic heterocycles. The van der Waals surface area contributed by atoms with Crippen LogP contribution in [0.3, 0.4) is 0 Å². The van der Waals surface area contributed by atoms with Crippen molar-refractivity contribution in [2.24, 2.45) is 0 Å². The molecule has 18 heavy (non-hydrogen) atoms. The van der Waals surface area contributed by atoms with Crippen molar-refractivity contribution in [3.05, 3.63) is 23.9 Å². The molecule has 2 heterocycles. The van der Waals surface area contributed by atoms with Crippen LogP contribution in [-0.4, -0.2) is 31.3 Å². The fourth-order valence-corrected chi connectivity index (χ4v) is 2.50. The van der Waals surface area contributed by atoms with Gasteiger partial charge in [-0.15, -0.1) is 0 Å². The zero-order valence-corrected chi connectivity index (χ0v) is 11.9. The van der Waals surface area contributed by atoms with Crippen LogP contribution in [-0.2, 0) is 10.2 Å². The summed E-state index contributed by atoms with van der Waals surface area (Å²) in [7, 11) is 1.77. The average Bonchev–Trinajstić information content (AvgIpc) is 2.77. The molecule has 1 aliphatic rings. The lowest BCUT2D eigenvalue weighted by atomic mass is 9.88. The Morgan fingerprint density at radius 2 is 2.17 bits per heavy atom. The van der Waals surface area contributed by atoms with E-state index in [1.807, 2.05) is 6.20 Å². The van der Waals surface area contributed by atoms with Gasteiger partial charge in [0.1, 0.15) is 5.82 Å². The summed E-state index contributed by atoms with van der Waals surface area (Å²) in [6.45, 7) is 8.53. The number of methoxy groups -OCH3 is 1. The van der Waals surface area contributed by atoms with Crippen molar-refractivity contribution >= 4 is 5.82 Å². The Morgan fingerprint density at radius 1 is 1.39 bits per heavy atom. The highest BCUT2D eigenvalue weighted by Crippen LogP contribution is 2.27. The third kappa shape index (κ3) is 2.83. The maximum Gasteiger partial charge on any atom is 0.128 e. The van der Waals surface area contributed by atoms with E-state index < -0.39 is 0 Å². The zero-order chi connectivity index (χ0) is 13.2. The summed E-state index contributed by atoms with van der Waals surface area (Å²) in [6.07, 6.45) is 4.45. The van der Waals surface area contributed by atoms with Gasteiger partial charge in [-0.25, -0.2) is 4.98 Å². The van der Waals surface area contributed by atoms with Gasteiger partial charge in [-0.3, -0.25) is 0 Å². The highest BCUT2D eigenvalue weighted by molar-refractivity contribution is 5.42. The van der Waals surface area contributed by atoms with E-state index in [1.165, 1.54) is 18.4 Å². The van der Waals surface area contributed by atoms with E-state index >= 15 is 0 Å². The number of pyridine rings is 1. The molecule has 3 nitrogen and oxygen atoms in total. The minimum atomic E-state index is 0.169. The molecule has 1 atom stereocenters. The van der Waals surface area contributed by atoms with Gasteiger partial charge in [0, 0.05) is 19.9 Å². The fraction of sp³-hybridized carbons (Fsp3) is 0.667. The van der Waals surface area contributed by atoms with Crippen molar-refractivity contribution in [3.8, 4) is 0 Å². The number of nitrogens with zero attached hydrogens (tertiary/aromatic N) is 2. The van der Waals surface area contributed by atoms with Gasteiger partial charge >= 0.3 is 0 Å². The Labute approximate surface area is 110 Å². The van der Waals surface area contributed by atoms with Crippen LogP contribution in [0, 0.1) is 0 Å². The summed E-state index contributed by atoms with van der Waals surface area (Å²) >= 11 is 0. The quantitative estimate of drug-likeness (QED) is 0.822.